The molecule has 0 aliphatic rings. The van der Waals surface area contributed by atoms with Crippen LogP contribution in [-0.4, -0.2) is 17.1 Å². The molecule has 0 fully saturated rings. The SMILES string of the molecule is CCOc1cccc(Cn2c3cc(Cl)ccc3c3c(C(N)=O)cccc32)c1. The molecule has 3 aromatic carbocycles. The Labute approximate surface area is 162 Å². The lowest BCUT2D eigenvalue weighted by Crippen LogP contribution is -2.11. The minimum atomic E-state index is -0.437. The number of aromatic nitrogens is 1. The van der Waals surface area contributed by atoms with Gasteiger partial charge in [-0.05, 0) is 48.9 Å². The molecule has 4 rings (SSSR count). The first-order valence-corrected chi connectivity index (χ1v) is 9.18. The first-order valence-electron chi connectivity index (χ1n) is 8.80. The molecule has 1 amide bonds. The van der Waals surface area contributed by atoms with Gasteiger partial charge in [0.05, 0.1) is 17.6 Å². The quantitative estimate of drug-likeness (QED) is 0.531. The summed E-state index contributed by atoms with van der Waals surface area (Å²) in [6, 6.07) is 19.3. The Bertz CT molecular complexity index is 1160. The van der Waals surface area contributed by atoms with E-state index in [2.05, 4.69) is 10.6 Å². The molecule has 1 heterocycles. The van der Waals surface area contributed by atoms with Crippen molar-refractivity contribution < 1.29 is 9.53 Å². The van der Waals surface area contributed by atoms with Crippen molar-refractivity contribution in [3.05, 3.63) is 76.8 Å². The summed E-state index contributed by atoms with van der Waals surface area (Å²) in [6.45, 7) is 3.22. The Kier molecular flexibility index (Phi) is 4.50. The van der Waals surface area contributed by atoms with E-state index in [9.17, 15) is 4.79 Å². The van der Waals surface area contributed by atoms with Crippen LogP contribution in [0, 0.1) is 0 Å². The summed E-state index contributed by atoms with van der Waals surface area (Å²) in [5.41, 5.74) is 9.16. The topological polar surface area (TPSA) is 57.2 Å². The molecule has 1 aromatic heterocycles. The van der Waals surface area contributed by atoms with Gasteiger partial charge in [-0.1, -0.05) is 35.9 Å². The monoisotopic (exact) mass is 378 g/mol. The maximum Gasteiger partial charge on any atom is 0.249 e. The van der Waals surface area contributed by atoms with Gasteiger partial charge < -0.3 is 15.0 Å². The van der Waals surface area contributed by atoms with Gasteiger partial charge in [0.15, 0.2) is 0 Å². The Morgan fingerprint density at radius 3 is 2.67 bits per heavy atom. The van der Waals surface area contributed by atoms with E-state index in [1.807, 2.05) is 55.5 Å². The maximum absolute atomic E-state index is 12.0. The van der Waals surface area contributed by atoms with Gasteiger partial charge in [0.1, 0.15) is 5.75 Å². The maximum atomic E-state index is 12.0. The fourth-order valence-electron chi connectivity index (χ4n) is 3.58. The highest BCUT2D eigenvalue weighted by atomic mass is 35.5. The van der Waals surface area contributed by atoms with Gasteiger partial charge >= 0.3 is 0 Å². The number of rotatable bonds is 5. The zero-order chi connectivity index (χ0) is 19.0. The third-order valence-corrected chi connectivity index (χ3v) is 4.90. The fraction of sp³-hybridized carbons (Fsp3) is 0.136. The molecule has 4 nitrogen and oxygen atoms in total. The van der Waals surface area contributed by atoms with Crippen LogP contribution in [0.4, 0.5) is 0 Å². The number of primary amides is 1. The van der Waals surface area contributed by atoms with E-state index >= 15 is 0 Å². The third-order valence-electron chi connectivity index (χ3n) is 4.67. The first-order chi connectivity index (χ1) is 13.1. The molecule has 0 saturated heterocycles. The molecule has 0 saturated carbocycles. The van der Waals surface area contributed by atoms with Gasteiger partial charge in [-0.3, -0.25) is 4.79 Å². The average molecular weight is 379 g/mol. The lowest BCUT2D eigenvalue weighted by atomic mass is 10.1. The lowest BCUT2D eigenvalue weighted by Gasteiger charge is -2.10. The molecule has 27 heavy (non-hydrogen) atoms. The summed E-state index contributed by atoms with van der Waals surface area (Å²) in [5.74, 6) is 0.402. The van der Waals surface area contributed by atoms with Crippen molar-refractivity contribution in [1.82, 2.24) is 4.57 Å². The number of amides is 1. The van der Waals surface area contributed by atoms with Crippen molar-refractivity contribution in [3.8, 4) is 5.75 Å². The van der Waals surface area contributed by atoms with E-state index in [0.717, 1.165) is 33.1 Å². The van der Waals surface area contributed by atoms with Crippen LogP contribution in [-0.2, 0) is 6.54 Å². The number of hydrogen-bond acceptors (Lipinski definition) is 2. The van der Waals surface area contributed by atoms with Crippen LogP contribution in [0.2, 0.25) is 5.02 Å². The molecular formula is C22H19ClN2O2. The number of benzene rings is 3. The van der Waals surface area contributed by atoms with E-state index in [1.54, 1.807) is 6.07 Å². The molecule has 0 spiro atoms. The van der Waals surface area contributed by atoms with Gasteiger partial charge in [0, 0.05) is 27.9 Å². The molecule has 0 radical (unpaired) electrons. The van der Waals surface area contributed by atoms with Crippen molar-refractivity contribution in [3.63, 3.8) is 0 Å². The number of fused-ring (bicyclic) bond motifs is 3. The zero-order valence-electron chi connectivity index (χ0n) is 14.9. The molecule has 4 aromatic rings. The van der Waals surface area contributed by atoms with Gasteiger partial charge in [-0.25, -0.2) is 0 Å². The van der Waals surface area contributed by atoms with Crippen LogP contribution >= 0.6 is 11.6 Å². The van der Waals surface area contributed by atoms with Crippen LogP contribution < -0.4 is 10.5 Å². The predicted molar refractivity (Wildman–Crippen MR) is 110 cm³/mol. The van der Waals surface area contributed by atoms with Crippen LogP contribution in [0.3, 0.4) is 0 Å². The van der Waals surface area contributed by atoms with E-state index in [4.69, 9.17) is 22.1 Å². The summed E-state index contributed by atoms with van der Waals surface area (Å²) in [5, 5.41) is 2.47. The number of ether oxygens (including phenoxy) is 1. The molecular weight excluding hydrogens is 360 g/mol. The van der Waals surface area contributed by atoms with Gasteiger partial charge in [0.25, 0.3) is 0 Å². The van der Waals surface area contributed by atoms with Crippen molar-refractivity contribution in [2.75, 3.05) is 6.61 Å². The Hall–Kier alpha value is -2.98. The number of carbonyl (C=O) groups excluding carboxylic acids is 1. The largest absolute Gasteiger partial charge is 0.494 e. The highest BCUT2D eigenvalue weighted by molar-refractivity contribution is 6.32. The van der Waals surface area contributed by atoms with Crippen LogP contribution in [0.5, 0.6) is 5.75 Å². The molecule has 0 aliphatic heterocycles. The number of nitrogens with two attached hydrogens (primary N) is 1. The summed E-state index contributed by atoms with van der Waals surface area (Å²) in [4.78, 5) is 12.0. The smallest absolute Gasteiger partial charge is 0.249 e. The molecule has 0 aliphatic carbocycles. The minimum Gasteiger partial charge on any atom is -0.494 e. The fourth-order valence-corrected chi connectivity index (χ4v) is 3.74. The van der Waals surface area contributed by atoms with Crippen LogP contribution in [0.15, 0.2) is 60.7 Å². The number of hydrogen-bond donors (Lipinski definition) is 1. The molecule has 5 heteroatoms. The zero-order valence-corrected chi connectivity index (χ0v) is 15.7. The Morgan fingerprint density at radius 2 is 1.89 bits per heavy atom. The summed E-state index contributed by atoms with van der Waals surface area (Å²) >= 11 is 6.27. The molecule has 0 bridgehead atoms. The standard InChI is InChI=1S/C22H19ClN2O2/c1-2-27-16-6-3-5-14(11-16)13-25-19-8-4-7-18(22(24)26)21(19)17-10-9-15(23)12-20(17)25/h3-12H,2,13H2,1H3,(H2,24,26). The predicted octanol–water partition coefficient (Wildman–Crippen LogP) is 4.99. The summed E-state index contributed by atoms with van der Waals surface area (Å²) < 4.78 is 7.78. The van der Waals surface area contributed by atoms with E-state index in [-0.39, 0.29) is 0 Å². The number of halogens is 1. The average Bonchev–Trinajstić information content (AvgIpc) is 2.95. The number of nitrogens with zero attached hydrogens (tertiary/aromatic N) is 1. The second-order valence-electron chi connectivity index (χ2n) is 6.39. The van der Waals surface area contributed by atoms with Crippen LogP contribution in [0.25, 0.3) is 21.8 Å². The second kappa shape index (κ2) is 6.97. The molecule has 0 unspecified atom stereocenters. The Morgan fingerprint density at radius 1 is 1.07 bits per heavy atom. The second-order valence-corrected chi connectivity index (χ2v) is 6.83. The van der Waals surface area contributed by atoms with Crippen molar-refractivity contribution in [1.29, 1.82) is 0 Å². The first kappa shape index (κ1) is 17.4. The normalized spacial score (nSPS) is 11.2. The van der Waals surface area contributed by atoms with Crippen LogP contribution in [0.1, 0.15) is 22.8 Å². The summed E-state index contributed by atoms with van der Waals surface area (Å²) in [7, 11) is 0. The minimum absolute atomic E-state index is 0.437. The molecule has 0 atom stereocenters. The van der Waals surface area contributed by atoms with Gasteiger partial charge in [-0.2, -0.15) is 0 Å². The molecule has 136 valence electrons. The van der Waals surface area contributed by atoms with Gasteiger partial charge in [0.2, 0.25) is 5.91 Å². The third kappa shape index (κ3) is 3.13. The van der Waals surface area contributed by atoms with Crippen molar-refractivity contribution >= 4 is 39.3 Å². The highest BCUT2D eigenvalue weighted by Crippen LogP contribution is 2.34. The van der Waals surface area contributed by atoms with E-state index in [1.165, 1.54) is 0 Å². The summed E-state index contributed by atoms with van der Waals surface area (Å²) in [6.07, 6.45) is 0. The highest BCUT2D eigenvalue weighted by Gasteiger charge is 2.16. The Balaban J connectivity index is 1.96. The molecule has 2 N–H and O–H groups in total. The van der Waals surface area contributed by atoms with Gasteiger partial charge in [-0.15, -0.1) is 0 Å². The van der Waals surface area contributed by atoms with Crippen molar-refractivity contribution in [2.24, 2.45) is 5.73 Å². The van der Waals surface area contributed by atoms with E-state index < -0.39 is 5.91 Å². The van der Waals surface area contributed by atoms with Crippen molar-refractivity contribution in [2.45, 2.75) is 13.5 Å². The van der Waals surface area contributed by atoms with E-state index in [0.29, 0.717) is 23.7 Å². The number of carbonyl (C=O) groups is 1. The lowest BCUT2D eigenvalue weighted by molar-refractivity contribution is 0.100.